The smallest absolute Gasteiger partial charge is 0.272 e. The van der Waals surface area contributed by atoms with E-state index in [1.165, 1.54) is 0 Å². The van der Waals surface area contributed by atoms with E-state index < -0.39 is 11.8 Å². The Morgan fingerprint density at radius 2 is 1.59 bits per heavy atom. The molecule has 2 heterocycles. The number of likely N-dealkylation sites (tertiary alicyclic amines) is 1. The SMILES string of the molecule is CN1CCN(C(=O)C2CC[N+](CC(N)=O)(CC(N)=O)C2)CC1. The van der Waals surface area contributed by atoms with Crippen LogP contribution in [0.2, 0.25) is 0 Å². The third-order valence-corrected chi connectivity index (χ3v) is 4.71. The van der Waals surface area contributed by atoms with Gasteiger partial charge >= 0.3 is 0 Å². The van der Waals surface area contributed by atoms with Crippen LogP contribution in [0.25, 0.3) is 0 Å². The van der Waals surface area contributed by atoms with E-state index in [9.17, 15) is 14.4 Å². The van der Waals surface area contributed by atoms with Crippen LogP contribution in [0, 0.1) is 5.92 Å². The molecular weight excluding hydrogens is 286 g/mol. The Kier molecular flexibility index (Phi) is 5.02. The Hall–Kier alpha value is -1.67. The summed E-state index contributed by atoms with van der Waals surface area (Å²) in [6.07, 6.45) is 0.672. The molecular formula is C14H26N5O3+. The van der Waals surface area contributed by atoms with Gasteiger partial charge in [-0.1, -0.05) is 0 Å². The minimum atomic E-state index is -0.464. The van der Waals surface area contributed by atoms with Crippen LogP contribution in [0.4, 0.5) is 0 Å². The Bertz CT molecular complexity index is 443. The lowest BCUT2D eigenvalue weighted by atomic mass is 10.1. The van der Waals surface area contributed by atoms with Gasteiger partial charge in [0.25, 0.3) is 11.8 Å². The van der Waals surface area contributed by atoms with Crippen molar-refractivity contribution in [1.82, 2.24) is 9.80 Å². The van der Waals surface area contributed by atoms with Crippen molar-refractivity contribution < 1.29 is 18.9 Å². The summed E-state index contributed by atoms with van der Waals surface area (Å²) in [5.41, 5.74) is 10.6. The minimum absolute atomic E-state index is 0.0649. The monoisotopic (exact) mass is 312 g/mol. The van der Waals surface area contributed by atoms with E-state index in [1.54, 1.807) is 0 Å². The van der Waals surface area contributed by atoms with Crippen LogP contribution in [-0.2, 0) is 14.4 Å². The molecule has 0 saturated carbocycles. The van der Waals surface area contributed by atoms with E-state index >= 15 is 0 Å². The number of hydrogen-bond acceptors (Lipinski definition) is 4. The molecule has 0 spiro atoms. The van der Waals surface area contributed by atoms with Crippen molar-refractivity contribution >= 4 is 17.7 Å². The molecule has 0 aromatic heterocycles. The molecule has 3 amide bonds. The van der Waals surface area contributed by atoms with Gasteiger partial charge in [0.15, 0.2) is 13.1 Å². The number of primary amides is 2. The molecule has 0 aromatic rings. The highest BCUT2D eigenvalue weighted by molar-refractivity contribution is 5.80. The maximum atomic E-state index is 12.6. The summed E-state index contributed by atoms with van der Waals surface area (Å²) >= 11 is 0. The number of amides is 3. The first-order valence-corrected chi connectivity index (χ1v) is 7.70. The van der Waals surface area contributed by atoms with Gasteiger partial charge in [0, 0.05) is 32.6 Å². The zero-order chi connectivity index (χ0) is 16.3. The fourth-order valence-electron chi connectivity index (χ4n) is 3.57. The minimum Gasteiger partial charge on any atom is -0.365 e. The number of carbonyl (C=O) groups excluding carboxylic acids is 3. The van der Waals surface area contributed by atoms with E-state index in [0.717, 1.165) is 26.2 Å². The molecule has 2 aliphatic heterocycles. The van der Waals surface area contributed by atoms with Crippen molar-refractivity contribution in [1.29, 1.82) is 0 Å². The van der Waals surface area contributed by atoms with Crippen molar-refractivity contribution in [3.63, 3.8) is 0 Å². The zero-order valence-corrected chi connectivity index (χ0v) is 13.2. The van der Waals surface area contributed by atoms with Crippen LogP contribution in [0.1, 0.15) is 6.42 Å². The summed E-state index contributed by atoms with van der Waals surface area (Å²) in [5.74, 6) is -0.952. The van der Waals surface area contributed by atoms with Gasteiger partial charge < -0.3 is 25.8 Å². The summed E-state index contributed by atoms with van der Waals surface area (Å²) in [6, 6.07) is 0. The van der Waals surface area contributed by atoms with Crippen molar-refractivity contribution in [2.45, 2.75) is 6.42 Å². The Balaban J connectivity index is 2.00. The number of piperazine rings is 1. The summed E-state index contributed by atoms with van der Waals surface area (Å²) < 4.78 is 0.217. The van der Waals surface area contributed by atoms with Crippen LogP contribution in [-0.4, -0.2) is 91.4 Å². The van der Waals surface area contributed by atoms with E-state index in [0.29, 0.717) is 19.5 Å². The van der Waals surface area contributed by atoms with Crippen LogP contribution in [0.15, 0.2) is 0 Å². The average Bonchev–Trinajstić information content (AvgIpc) is 2.80. The van der Waals surface area contributed by atoms with Crippen LogP contribution >= 0.6 is 0 Å². The first-order valence-electron chi connectivity index (χ1n) is 7.70. The maximum Gasteiger partial charge on any atom is 0.272 e. The highest BCUT2D eigenvalue weighted by Gasteiger charge is 2.44. The number of rotatable bonds is 5. The Morgan fingerprint density at radius 3 is 2.09 bits per heavy atom. The standard InChI is InChI=1S/C14H25N5O3/c1-17-3-5-18(6-4-17)14(22)11-2-7-19(8-11,9-12(15)20)10-13(16)21/h11H,2-10H2,1H3,(H3-,15,16,20,21)/p+1. The number of nitrogens with two attached hydrogens (primary N) is 2. The van der Waals surface area contributed by atoms with Crippen molar-refractivity contribution in [3.8, 4) is 0 Å². The third-order valence-electron chi connectivity index (χ3n) is 4.71. The fourth-order valence-corrected chi connectivity index (χ4v) is 3.57. The molecule has 8 heteroatoms. The van der Waals surface area contributed by atoms with Gasteiger partial charge in [-0.05, 0) is 7.05 Å². The first kappa shape index (κ1) is 16.7. The molecule has 2 fully saturated rings. The molecule has 0 radical (unpaired) electrons. The van der Waals surface area contributed by atoms with Gasteiger partial charge in [0.2, 0.25) is 5.91 Å². The van der Waals surface area contributed by atoms with Gasteiger partial charge in [-0.2, -0.15) is 0 Å². The molecule has 124 valence electrons. The molecule has 1 atom stereocenters. The van der Waals surface area contributed by atoms with Gasteiger partial charge in [0.1, 0.15) is 0 Å². The Labute approximate surface area is 130 Å². The van der Waals surface area contributed by atoms with Gasteiger partial charge in [-0.15, -0.1) is 0 Å². The average molecular weight is 312 g/mol. The number of carbonyl (C=O) groups is 3. The first-order chi connectivity index (χ1) is 10.3. The predicted molar refractivity (Wildman–Crippen MR) is 80.3 cm³/mol. The summed E-state index contributed by atoms with van der Waals surface area (Å²) in [5, 5.41) is 0. The lowest BCUT2D eigenvalue weighted by Gasteiger charge is -2.35. The second kappa shape index (κ2) is 6.62. The quantitative estimate of drug-likeness (QED) is 0.550. The van der Waals surface area contributed by atoms with Crippen molar-refractivity contribution in [2.75, 3.05) is 59.4 Å². The molecule has 2 saturated heterocycles. The van der Waals surface area contributed by atoms with Gasteiger partial charge in [0.05, 0.1) is 19.0 Å². The lowest BCUT2D eigenvalue weighted by molar-refractivity contribution is -0.902. The number of nitrogens with zero attached hydrogens (tertiary/aromatic N) is 3. The second-order valence-electron chi connectivity index (χ2n) is 6.61. The highest BCUT2D eigenvalue weighted by atomic mass is 16.2. The number of likely N-dealkylation sites (N-methyl/N-ethyl adjacent to an activating group) is 1. The second-order valence-corrected chi connectivity index (χ2v) is 6.61. The highest BCUT2D eigenvalue weighted by Crippen LogP contribution is 2.26. The molecule has 0 bridgehead atoms. The third kappa shape index (κ3) is 3.95. The normalized spacial score (nSPS) is 25.1. The molecule has 4 N–H and O–H groups in total. The van der Waals surface area contributed by atoms with Crippen LogP contribution in [0.3, 0.4) is 0 Å². The van der Waals surface area contributed by atoms with E-state index in [2.05, 4.69) is 4.90 Å². The molecule has 0 aromatic carbocycles. The number of hydrogen-bond donors (Lipinski definition) is 2. The van der Waals surface area contributed by atoms with E-state index in [4.69, 9.17) is 11.5 Å². The van der Waals surface area contributed by atoms with E-state index in [-0.39, 0.29) is 29.4 Å². The number of quaternary nitrogens is 1. The molecule has 2 aliphatic rings. The predicted octanol–water partition coefficient (Wildman–Crippen LogP) is -2.43. The molecule has 2 rings (SSSR count). The van der Waals surface area contributed by atoms with Crippen LogP contribution < -0.4 is 11.5 Å². The molecule has 1 unspecified atom stereocenters. The van der Waals surface area contributed by atoms with Gasteiger partial charge in [-0.3, -0.25) is 14.4 Å². The fraction of sp³-hybridized carbons (Fsp3) is 0.786. The van der Waals surface area contributed by atoms with Crippen LogP contribution in [0.5, 0.6) is 0 Å². The molecule has 8 nitrogen and oxygen atoms in total. The van der Waals surface area contributed by atoms with Gasteiger partial charge in [-0.25, -0.2) is 0 Å². The largest absolute Gasteiger partial charge is 0.365 e. The molecule has 22 heavy (non-hydrogen) atoms. The topological polar surface area (TPSA) is 110 Å². The summed E-state index contributed by atoms with van der Waals surface area (Å²) in [4.78, 5) is 39.3. The summed E-state index contributed by atoms with van der Waals surface area (Å²) in [6.45, 7) is 4.41. The molecule has 0 aliphatic carbocycles. The summed E-state index contributed by atoms with van der Waals surface area (Å²) in [7, 11) is 2.04. The maximum absolute atomic E-state index is 12.6. The lowest BCUT2D eigenvalue weighted by Crippen LogP contribution is -2.56. The zero-order valence-electron chi connectivity index (χ0n) is 13.2. The van der Waals surface area contributed by atoms with E-state index in [1.807, 2.05) is 11.9 Å². The Morgan fingerprint density at radius 1 is 1.05 bits per heavy atom. The van der Waals surface area contributed by atoms with Crippen molar-refractivity contribution in [2.24, 2.45) is 17.4 Å². The van der Waals surface area contributed by atoms with Crippen molar-refractivity contribution in [3.05, 3.63) is 0 Å².